The first-order valence-corrected chi connectivity index (χ1v) is 12.4. The zero-order valence-electron chi connectivity index (χ0n) is 19.5. The SMILES string of the molecule is CC(C)[C@H](NC(=O)COc1cccc2c(NS(=O)(=O)C(F)(F)F)cccc12)C(=O)N[C@H]1CC(=O)OC1O. The lowest BCUT2D eigenvalue weighted by Gasteiger charge is -2.24. The number of fused-ring (bicyclic) bond motifs is 1. The van der Waals surface area contributed by atoms with Crippen LogP contribution in [-0.2, 0) is 29.1 Å². The van der Waals surface area contributed by atoms with Crippen molar-refractivity contribution in [2.75, 3.05) is 11.3 Å². The van der Waals surface area contributed by atoms with Gasteiger partial charge in [-0.1, -0.05) is 38.1 Å². The second-order valence-corrected chi connectivity index (χ2v) is 10.2. The molecule has 2 amide bonds. The van der Waals surface area contributed by atoms with E-state index in [2.05, 4.69) is 15.4 Å². The molecule has 202 valence electrons. The number of hydrogen-bond acceptors (Lipinski definition) is 8. The van der Waals surface area contributed by atoms with Crippen molar-refractivity contribution in [1.29, 1.82) is 0 Å². The maximum absolute atomic E-state index is 12.8. The highest BCUT2D eigenvalue weighted by Gasteiger charge is 2.46. The first-order chi connectivity index (χ1) is 17.2. The van der Waals surface area contributed by atoms with Crippen molar-refractivity contribution in [3.05, 3.63) is 36.4 Å². The summed E-state index contributed by atoms with van der Waals surface area (Å²) in [7, 11) is -5.66. The van der Waals surface area contributed by atoms with E-state index in [0.29, 0.717) is 0 Å². The summed E-state index contributed by atoms with van der Waals surface area (Å²) in [4.78, 5) is 36.4. The number of anilines is 1. The maximum Gasteiger partial charge on any atom is 0.516 e. The molecule has 1 unspecified atom stereocenters. The van der Waals surface area contributed by atoms with Gasteiger partial charge in [-0.3, -0.25) is 19.1 Å². The smallest absolute Gasteiger partial charge is 0.483 e. The number of carbonyl (C=O) groups is 3. The highest BCUT2D eigenvalue weighted by Crippen LogP contribution is 2.33. The molecule has 2 aromatic carbocycles. The van der Waals surface area contributed by atoms with E-state index >= 15 is 0 Å². The van der Waals surface area contributed by atoms with E-state index in [1.165, 1.54) is 35.1 Å². The summed E-state index contributed by atoms with van der Waals surface area (Å²) in [5.74, 6) is -2.35. The monoisotopic (exact) mass is 547 g/mol. The van der Waals surface area contributed by atoms with Crippen LogP contribution >= 0.6 is 0 Å². The molecule has 15 heteroatoms. The van der Waals surface area contributed by atoms with Crippen LogP contribution in [0.15, 0.2) is 36.4 Å². The number of sulfonamides is 1. The summed E-state index contributed by atoms with van der Waals surface area (Å²) in [5, 5.41) is 14.9. The van der Waals surface area contributed by atoms with Gasteiger partial charge in [-0.25, -0.2) is 0 Å². The fraction of sp³-hybridized carbons (Fsp3) is 0.409. The zero-order valence-corrected chi connectivity index (χ0v) is 20.4. The van der Waals surface area contributed by atoms with Gasteiger partial charge >= 0.3 is 21.5 Å². The van der Waals surface area contributed by atoms with Crippen molar-refractivity contribution >= 4 is 44.3 Å². The van der Waals surface area contributed by atoms with Crippen molar-refractivity contribution in [2.45, 2.75) is 44.2 Å². The molecular weight excluding hydrogens is 523 g/mol. The fourth-order valence-corrected chi connectivity index (χ4v) is 4.12. The van der Waals surface area contributed by atoms with E-state index in [9.17, 15) is 41.1 Å². The summed E-state index contributed by atoms with van der Waals surface area (Å²) in [6.07, 6.45) is -1.73. The number of cyclic esters (lactones) is 1. The Morgan fingerprint density at radius 2 is 1.81 bits per heavy atom. The third kappa shape index (κ3) is 6.60. The number of amides is 2. The molecule has 4 N–H and O–H groups in total. The molecule has 0 radical (unpaired) electrons. The van der Waals surface area contributed by atoms with Gasteiger partial charge < -0.3 is 25.2 Å². The normalized spacial score (nSPS) is 18.8. The molecule has 0 saturated carbocycles. The van der Waals surface area contributed by atoms with Crippen LogP contribution in [0, 0.1) is 5.92 Å². The maximum atomic E-state index is 12.8. The number of ether oxygens (including phenoxy) is 2. The van der Waals surface area contributed by atoms with Gasteiger partial charge in [0.2, 0.25) is 12.2 Å². The molecule has 3 rings (SSSR count). The first kappa shape index (κ1) is 28.0. The van der Waals surface area contributed by atoms with Gasteiger partial charge in [0.1, 0.15) is 17.8 Å². The van der Waals surface area contributed by atoms with Crippen molar-refractivity contribution in [3.63, 3.8) is 0 Å². The topological polar surface area (TPSA) is 160 Å². The molecule has 1 aliphatic heterocycles. The van der Waals surface area contributed by atoms with Gasteiger partial charge in [0.25, 0.3) is 5.91 Å². The average molecular weight is 548 g/mol. The Morgan fingerprint density at radius 3 is 2.41 bits per heavy atom. The van der Waals surface area contributed by atoms with Crippen LogP contribution in [0.3, 0.4) is 0 Å². The van der Waals surface area contributed by atoms with Gasteiger partial charge in [-0.05, 0) is 18.1 Å². The molecule has 1 fully saturated rings. The highest BCUT2D eigenvalue weighted by molar-refractivity contribution is 7.93. The second-order valence-electron chi connectivity index (χ2n) is 8.49. The molecule has 2 aromatic rings. The Kier molecular flexibility index (Phi) is 8.17. The Bertz CT molecular complexity index is 1300. The van der Waals surface area contributed by atoms with Crippen LogP contribution in [0.4, 0.5) is 18.9 Å². The molecule has 3 atom stereocenters. The molecule has 37 heavy (non-hydrogen) atoms. The second kappa shape index (κ2) is 10.8. The van der Waals surface area contributed by atoms with Crippen molar-refractivity contribution in [1.82, 2.24) is 10.6 Å². The van der Waals surface area contributed by atoms with Gasteiger partial charge in [0.05, 0.1) is 12.1 Å². The molecule has 0 bridgehead atoms. The van der Waals surface area contributed by atoms with Crippen LogP contribution in [-0.4, -0.2) is 61.8 Å². The minimum Gasteiger partial charge on any atom is -0.483 e. The van der Waals surface area contributed by atoms with Crippen LogP contribution in [0.2, 0.25) is 0 Å². The van der Waals surface area contributed by atoms with Crippen molar-refractivity contribution < 1.29 is 50.6 Å². The van der Waals surface area contributed by atoms with Gasteiger partial charge in [-0.15, -0.1) is 0 Å². The molecule has 1 heterocycles. The van der Waals surface area contributed by atoms with E-state index in [-0.39, 0.29) is 34.5 Å². The largest absolute Gasteiger partial charge is 0.516 e. The summed E-state index contributed by atoms with van der Waals surface area (Å²) in [6, 6.07) is 6.13. The van der Waals surface area contributed by atoms with E-state index in [4.69, 9.17) is 4.74 Å². The van der Waals surface area contributed by atoms with Crippen LogP contribution in [0.25, 0.3) is 10.8 Å². The number of benzene rings is 2. The molecular formula is C22H24F3N3O8S. The number of halogens is 3. The summed E-state index contributed by atoms with van der Waals surface area (Å²) in [5.41, 5.74) is -5.85. The summed E-state index contributed by atoms with van der Waals surface area (Å²) in [6.45, 7) is 2.74. The van der Waals surface area contributed by atoms with Gasteiger partial charge in [0.15, 0.2) is 6.61 Å². The van der Waals surface area contributed by atoms with Gasteiger partial charge in [-0.2, -0.15) is 21.6 Å². The lowest BCUT2D eigenvalue weighted by molar-refractivity contribution is -0.155. The third-order valence-corrected chi connectivity index (χ3v) is 6.46. The van der Waals surface area contributed by atoms with Gasteiger partial charge in [0, 0.05) is 10.8 Å². The molecule has 11 nitrogen and oxygen atoms in total. The Hall–Kier alpha value is -3.59. The molecule has 0 aliphatic carbocycles. The Balaban J connectivity index is 1.70. The summed E-state index contributed by atoms with van der Waals surface area (Å²) >= 11 is 0. The van der Waals surface area contributed by atoms with Crippen molar-refractivity contribution in [2.24, 2.45) is 5.92 Å². The highest BCUT2D eigenvalue weighted by atomic mass is 32.2. The fourth-order valence-electron chi connectivity index (χ4n) is 3.53. The number of alkyl halides is 3. The Morgan fingerprint density at radius 1 is 1.16 bits per heavy atom. The number of esters is 1. The molecule has 0 spiro atoms. The van der Waals surface area contributed by atoms with E-state index in [1.54, 1.807) is 13.8 Å². The lowest BCUT2D eigenvalue weighted by Crippen LogP contribution is -2.54. The van der Waals surface area contributed by atoms with Crippen molar-refractivity contribution in [3.8, 4) is 5.75 Å². The quantitative estimate of drug-likeness (QED) is 0.343. The number of aliphatic hydroxyl groups excluding tert-OH is 1. The minimum absolute atomic E-state index is 0.0796. The predicted octanol–water partition coefficient (Wildman–Crippen LogP) is 1.37. The number of carbonyl (C=O) groups excluding carboxylic acids is 3. The van der Waals surface area contributed by atoms with E-state index in [0.717, 1.165) is 6.07 Å². The lowest BCUT2D eigenvalue weighted by atomic mass is 10.0. The molecule has 1 saturated heterocycles. The van der Waals surface area contributed by atoms with Crippen LogP contribution < -0.4 is 20.1 Å². The Labute approximate surface area is 209 Å². The molecule has 1 aliphatic rings. The number of rotatable bonds is 9. The van der Waals surface area contributed by atoms with Crippen LogP contribution in [0.1, 0.15) is 20.3 Å². The number of hydrogen-bond donors (Lipinski definition) is 4. The number of nitrogens with one attached hydrogen (secondary N) is 3. The molecule has 0 aromatic heterocycles. The number of aliphatic hydroxyl groups is 1. The third-order valence-electron chi connectivity index (χ3n) is 5.37. The predicted molar refractivity (Wildman–Crippen MR) is 123 cm³/mol. The summed E-state index contributed by atoms with van der Waals surface area (Å²) < 4.78 is 73.0. The standard InChI is InChI=1S/C22H24F3N3O8S/c1-11(2)19(20(31)26-15-9-18(30)36-21(15)32)27-17(29)10-35-16-8-4-5-12-13(16)6-3-7-14(12)28-37(33,34)22(23,24)25/h3-8,11,15,19,21,28,32H,9-10H2,1-2H3,(H,26,31)(H,27,29)/t15-,19-,21?/m0/s1. The van der Waals surface area contributed by atoms with Crippen LogP contribution in [0.5, 0.6) is 5.75 Å². The average Bonchev–Trinajstić information content (AvgIpc) is 3.11. The zero-order chi connectivity index (χ0) is 27.5. The minimum atomic E-state index is -5.66. The first-order valence-electron chi connectivity index (χ1n) is 10.9. The van der Waals surface area contributed by atoms with E-state index in [1.807, 2.05) is 0 Å². The van der Waals surface area contributed by atoms with E-state index < -0.39 is 58.3 Å².